The van der Waals surface area contributed by atoms with Gasteiger partial charge in [0.2, 0.25) is 0 Å². The van der Waals surface area contributed by atoms with E-state index >= 15 is 0 Å². The van der Waals surface area contributed by atoms with Crippen LogP contribution in [0.1, 0.15) is 13.8 Å². The van der Waals surface area contributed by atoms with E-state index < -0.39 is 8.24 Å². The van der Waals surface area contributed by atoms with E-state index in [1.807, 2.05) is 0 Å². The quantitative estimate of drug-likeness (QED) is 0.562. The van der Waals surface area contributed by atoms with E-state index in [1.54, 1.807) is 0 Å². The molecule has 0 aliphatic heterocycles. The Balaban J connectivity index is -0.000000605. The van der Waals surface area contributed by atoms with E-state index in [1.165, 1.54) is 0 Å². The first kappa shape index (κ1) is 20.1. The first-order valence-electron chi connectivity index (χ1n) is 4.51. The van der Waals surface area contributed by atoms with E-state index in [-0.39, 0.29) is 29.7 Å². The van der Waals surface area contributed by atoms with Gasteiger partial charge in [-0.1, -0.05) is 41.7 Å². The normalized spacial score (nSPS) is 12.0. The first-order chi connectivity index (χ1) is 5.12. The summed E-state index contributed by atoms with van der Waals surface area (Å²) in [6.07, 6.45) is 0. The Morgan fingerprint density at radius 1 is 1.14 bits per heavy atom. The van der Waals surface area contributed by atoms with Crippen molar-refractivity contribution in [2.75, 3.05) is 20.6 Å². The van der Waals surface area contributed by atoms with Gasteiger partial charge in [-0.2, -0.15) is 0 Å². The van der Waals surface area contributed by atoms with Crippen molar-refractivity contribution in [1.29, 1.82) is 0 Å². The Kier molecular flexibility index (Phi) is 10.1. The predicted molar refractivity (Wildman–Crippen MR) is 65.8 cm³/mol. The third-order valence-electron chi connectivity index (χ3n) is 1.34. The van der Waals surface area contributed by atoms with E-state index in [0.717, 1.165) is 6.54 Å². The molecule has 0 atom stereocenters. The third-order valence-corrected chi connectivity index (χ3v) is 2.62. The summed E-state index contributed by atoms with van der Waals surface area (Å²) in [6.45, 7) is 12.3. The molecule has 0 bridgehead atoms. The van der Waals surface area contributed by atoms with Gasteiger partial charge in [-0.15, -0.1) is 5.54 Å². The Hall–Kier alpha value is 0.643. The molecular weight excluding hydrogens is 235 g/mol. The van der Waals surface area contributed by atoms with Crippen molar-refractivity contribution >= 4 is 8.24 Å². The zero-order valence-electron chi connectivity index (χ0n) is 10.9. The molecule has 0 aliphatic carbocycles. The summed E-state index contributed by atoms with van der Waals surface area (Å²) in [5.74, 6) is 0. The smallest absolute Gasteiger partial charge is 0.659 e. The van der Waals surface area contributed by atoms with Crippen LogP contribution in [0.15, 0.2) is 0 Å². The zero-order valence-corrected chi connectivity index (χ0v) is 13.0. The Bertz CT molecular complexity index is 142. The molecular formula is C10H26CoN2Si+. The van der Waals surface area contributed by atoms with Gasteiger partial charge in [0.05, 0.1) is 0 Å². The molecule has 0 saturated carbocycles. The van der Waals surface area contributed by atoms with Gasteiger partial charge < -0.3 is 17.3 Å². The van der Waals surface area contributed by atoms with Gasteiger partial charge >= 0.3 is 16.8 Å². The summed E-state index contributed by atoms with van der Waals surface area (Å²) >= 11 is 0. The van der Waals surface area contributed by atoms with Crippen molar-refractivity contribution in [1.82, 2.24) is 4.90 Å². The van der Waals surface area contributed by atoms with Gasteiger partial charge in [-0.05, 0) is 20.6 Å². The maximum Gasteiger partial charge on any atom is 3.00 e. The van der Waals surface area contributed by atoms with Gasteiger partial charge in [0.25, 0.3) is 0 Å². The van der Waals surface area contributed by atoms with E-state index in [4.69, 9.17) is 4.98 Å². The van der Waals surface area contributed by atoms with Gasteiger partial charge in [-0.25, -0.2) is 0 Å². The number of hydrogen-bond donors (Lipinski definition) is 0. The van der Waals surface area contributed by atoms with Crippen molar-refractivity contribution in [3.05, 3.63) is 12.4 Å². The second-order valence-electron chi connectivity index (χ2n) is 5.33. The molecule has 0 aromatic heterocycles. The molecule has 0 fully saturated rings. The summed E-state index contributed by atoms with van der Waals surface area (Å²) in [5, 5.41) is 0. The molecule has 0 rings (SSSR count). The van der Waals surface area contributed by atoms with E-state index in [9.17, 15) is 0 Å². The average Bonchev–Trinajstić information content (AvgIpc) is 1.48. The molecule has 88 valence electrons. The van der Waals surface area contributed by atoms with Crippen LogP contribution in [0.3, 0.4) is 0 Å². The van der Waals surface area contributed by atoms with Crippen LogP contribution < -0.4 is 0 Å². The fourth-order valence-electron chi connectivity index (χ4n) is 1.72. The van der Waals surface area contributed by atoms with Crippen LogP contribution in [0.5, 0.6) is 0 Å². The second kappa shape index (κ2) is 7.01. The SMILES string of the molecule is CN(C)CC(C)(C)[N-][Si](C)(C)C.[CH3-].[Co+3]. The van der Waals surface area contributed by atoms with Gasteiger partial charge in [0, 0.05) is 0 Å². The van der Waals surface area contributed by atoms with Crippen LogP contribution >= 0.6 is 0 Å². The Labute approximate surface area is 102 Å². The molecule has 0 spiro atoms. The molecule has 14 heavy (non-hydrogen) atoms. The van der Waals surface area contributed by atoms with Crippen molar-refractivity contribution < 1.29 is 16.8 Å². The summed E-state index contributed by atoms with van der Waals surface area (Å²) in [4.78, 5) is 7.08. The van der Waals surface area contributed by atoms with Crippen LogP contribution in [-0.2, 0) is 16.8 Å². The van der Waals surface area contributed by atoms with Crippen LogP contribution in [0.2, 0.25) is 19.6 Å². The molecule has 0 N–H and O–H groups in total. The largest absolute Gasteiger partial charge is 3.00 e. The fraction of sp³-hybridized carbons (Fsp3) is 0.900. The molecule has 0 aromatic rings. The molecule has 2 nitrogen and oxygen atoms in total. The molecule has 4 heteroatoms. The predicted octanol–water partition coefficient (Wildman–Crippen LogP) is 2.98. The van der Waals surface area contributed by atoms with Crippen molar-refractivity contribution in [3.8, 4) is 0 Å². The molecule has 0 aliphatic rings. The zero-order chi connectivity index (χ0) is 9.99. The van der Waals surface area contributed by atoms with Gasteiger partial charge in [0.15, 0.2) is 0 Å². The molecule has 0 amide bonds. The third kappa shape index (κ3) is 12.6. The monoisotopic (exact) mass is 261 g/mol. The van der Waals surface area contributed by atoms with Crippen LogP contribution in [0.4, 0.5) is 0 Å². The van der Waals surface area contributed by atoms with E-state index in [0.29, 0.717) is 0 Å². The maximum atomic E-state index is 4.88. The minimum atomic E-state index is -1.26. The molecule has 0 aromatic carbocycles. The Morgan fingerprint density at radius 3 is 1.71 bits per heavy atom. The van der Waals surface area contributed by atoms with Crippen molar-refractivity contribution in [3.63, 3.8) is 0 Å². The molecule has 0 saturated heterocycles. The van der Waals surface area contributed by atoms with Crippen molar-refractivity contribution in [2.45, 2.75) is 39.0 Å². The Morgan fingerprint density at radius 2 is 1.50 bits per heavy atom. The summed E-state index contributed by atoms with van der Waals surface area (Å²) in [7, 11) is 2.94. The minimum absolute atomic E-state index is 0. The van der Waals surface area contributed by atoms with Crippen LogP contribution in [0.25, 0.3) is 4.98 Å². The topological polar surface area (TPSA) is 17.3 Å². The molecule has 0 radical (unpaired) electrons. The number of hydrogen-bond acceptors (Lipinski definition) is 1. The maximum absolute atomic E-state index is 4.88. The van der Waals surface area contributed by atoms with Gasteiger partial charge in [0.1, 0.15) is 0 Å². The standard InChI is InChI=1S/C9H23N2Si.CH3.Co/c1-9(2,8-11(3)4)10-12(5,6)7;;/h8H2,1-7H3;1H3;/q2*-1;+3. The summed E-state index contributed by atoms with van der Waals surface area (Å²) in [6, 6.07) is 0. The molecule has 0 unspecified atom stereocenters. The second-order valence-corrected chi connectivity index (χ2v) is 9.90. The number of likely N-dealkylation sites (N-methyl/N-ethyl adjacent to an activating group) is 1. The number of nitrogens with zero attached hydrogens (tertiary/aromatic N) is 2. The van der Waals surface area contributed by atoms with Crippen molar-refractivity contribution in [2.24, 2.45) is 0 Å². The van der Waals surface area contributed by atoms with E-state index in [2.05, 4.69) is 52.5 Å². The average molecular weight is 261 g/mol. The minimum Gasteiger partial charge on any atom is -0.659 e. The fourth-order valence-corrected chi connectivity index (χ4v) is 3.60. The van der Waals surface area contributed by atoms with Gasteiger partial charge in [-0.3, -0.25) is 0 Å². The first-order valence-corrected chi connectivity index (χ1v) is 7.96. The molecule has 0 heterocycles. The summed E-state index contributed by atoms with van der Waals surface area (Å²) in [5.41, 5.74) is 0.119. The number of rotatable bonds is 4. The van der Waals surface area contributed by atoms with Crippen LogP contribution in [0, 0.1) is 7.43 Å². The summed E-state index contributed by atoms with van der Waals surface area (Å²) < 4.78 is 0. The van der Waals surface area contributed by atoms with Crippen LogP contribution in [-0.4, -0.2) is 39.3 Å².